The zero-order valence-electron chi connectivity index (χ0n) is 10.7. The molecule has 5 nitrogen and oxygen atoms in total. The van der Waals surface area contributed by atoms with E-state index in [1.807, 2.05) is 30.3 Å². The number of carbonyl (C=O) groups is 2. The average Bonchev–Trinajstić information content (AvgIpc) is 2.87. The Labute approximate surface area is 112 Å². The summed E-state index contributed by atoms with van der Waals surface area (Å²) < 4.78 is 0. The molecule has 1 aromatic rings. The topological polar surface area (TPSA) is 83.6 Å². The van der Waals surface area contributed by atoms with Gasteiger partial charge in [-0.15, -0.1) is 0 Å². The molecule has 0 radical (unpaired) electrons. The van der Waals surface area contributed by atoms with Crippen molar-refractivity contribution in [3.05, 3.63) is 35.9 Å². The summed E-state index contributed by atoms with van der Waals surface area (Å²) >= 11 is 0. The Bertz CT molecular complexity index is 461. The van der Waals surface area contributed by atoms with Crippen LogP contribution < -0.4 is 5.73 Å². The molecule has 1 aliphatic heterocycles. The van der Waals surface area contributed by atoms with Crippen LogP contribution >= 0.6 is 0 Å². The molecule has 1 amide bonds. The van der Waals surface area contributed by atoms with Crippen LogP contribution in [-0.2, 0) is 9.59 Å². The van der Waals surface area contributed by atoms with Gasteiger partial charge in [0, 0.05) is 6.54 Å². The number of aliphatic carboxylic acids is 1. The highest BCUT2D eigenvalue weighted by Gasteiger charge is 2.33. The maximum absolute atomic E-state index is 12.2. The van der Waals surface area contributed by atoms with Gasteiger partial charge in [-0.05, 0) is 18.4 Å². The SMILES string of the molecule is NC(CC(=O)O)C(=O)N1CCCC1c1ccccc1. The Hall–Kier alpha value is -1.88. The van der Waals surface area contributed by atoms with E-state index in [9.17, 15) is 9.59 Å². The van der Waals surface area contributed by atoms with E-state index in [4.69, 9.17) is 10.8 Å². The monoisotopic (exact) mass is 262 g/mol. The Kier molecular flexibility index (Phi) is 4.16. The molecule has 1 fully saturated rings. The van der Waals surface area contributed by atoms with Gasteiger partial charge in [0.1, 0.15) is 0 Å². The van der Waals surface area contributed by atoms with E-state index in [0.29, 0.717) is 6.54 Å². The smallest absolute Gasteiger partial charge is 0.305 e. The molecule has 1 aliphatic rings. The Morgan fingerprint density at radius 2 is 2.05 bits per heavy atom. The van der Waals surface area contributed by atoms with Gasteiger partial charge in [-0.1, -0.05) is 30.3 Å². The number of hydrogen-bond acceptors (Lipinski definition) is 3. The number of nitrogens with two attached hydrogens (primary N) is 1. The number of carboxylic acid groups (broad SMARTS) is 1. The van der Waals surface area contributed by atoms with Crippen LogP contribution in [0.4, 0.5) is 0 Å². The number of nitrogens with zero attached hydrogens (tertiary/aromatic N) is 1. The van der Waals surface area contributed by atoms with Crippen LogP contribution in [-0.4, -0.2) is 34.5 Å². The van der Waals surface area contributed by atoms with E-state index in [2.05, 4.69) is 0 Å². The standard InChI is InChI=1S/C14H18N2O3/c15-11(9-13(17)18)14(19)16-8-4-7-12(16)10-5-2-1-3-6-10/h1-3,5-6,11-12H,4,7-9,15H2,(H,17,18). The minimum absolute atomic E-state index is 0.0218. The minimum Gasteiger partial charge on any atom is -0.481 e. The van der Waals surface area contributed by atoms with Crippen LogP contribution in [0.1, 0.15) is 30.9 Å². The zero-order chi connectivity index (χ0) is 13.8. The lowest BCUT2D eigenvalue weighted by atomic mass is 10.0. The third-order valence-corrected chi connectivity index (χ3v) is 3.43. The first kappa shape index (κ1) is 13.5. The molecule has 0 saturated carbocycles. The summed E-state index contributed by atoms with van der Waals surface area (Å²) in [6, 6.07) is 8.84. The molecule has 2 unspecified atom stereocenters. The molecule has 0 spiro atoms. The van der Waals surface area contributed by atoms with Gasteiger partial charge in [0.15, 0.2) is 0 Å². The van der Waals surface area contributed by atoms with E-state index >= 15 is 0 Å². The fourth-order valence-electron chi connectivity index (χ4n) is 2.54. The molecule has 102 valence electrons. The van der Waals surface area contributed by atoms with Gasteiger partial charge in [0.2, 0.25) is 5.91 Å². The lowest BCUT2D eigenvalue weighted by Gasteiger charge is -2.27. The molecule has 1 aromatic carbocycles. The van der Waals surface area contributed by atoms with Crippen molar-refractivity contribution in [3.63, 3.8) is 0 Å². The summed E-state index contributed by atoms with van der Waals surface area (Å²) in [5, 5.41) is 8.71. The van der Waals surface area contributed by atoms with Crippen molar-refractivity contribution in [1.82, 2.24) is 4.90 Å². The molecule has 0 bridgehead atoms. The van der Waals surface area contributed by atoms with E-state index in [1.165, 1.54) is 0 Å². The van der Waals surface area contributed by atoms with Crippen LogP contribution in [0.2, 0.25) is 0 Å². The van der Waals surface area contributed by atoms with Crippen LogP contribution in [0.25, 0.3) is 0 Å². The van der Waals surface area contributed by atoms with Gasteiger partial charge >= 0.3 is 5.97 Å². The quantitative estimate of drug-likeness (QED) is 0.852. The summed E-state index contributed by atoms with van der Waals surface area (Å²) in [7, 11) is 0. The zero-order valence-corrected chi connectivity index (χ0v) is 10.7. The fraction of sp³-hybridized carbons (Fsp3) is 0.429. The number of hydrogen-bond donors (Lipinski definition) is 2. The Balaban J connectivity index is 2.11. The molecular formula is C14H18N2O3. The van der Waals surface area contributed by atoms with Crippen molar-refractivity contribution in [3.8, 4) is 0 Å². The van der Waals surface area contributed by atoms with Gasteiger partial charge in [-0.25, -0.2) is 0 Å². The van der Waals surface area contributed by atoms with Crippen molar-refractivity contribution in [2.24, 2.45) is 5.73 Å². The van der Waals surface area contributed by atoms with E-state index in [-0.39, 0.29) is 18.4 Å². The number of rotatable bonds is 4. The molecule has 2 rings (SSSR count). The van der Waals surface area contributed by atoms with E-state index in [0.717, 1.165) is 18.4 Å². The third-order valence-electron chi connectivity index (χ3n) is 3.43. The Morgan fingerprint density at radius 1 is 1.37 bits per heavy atom. The first-order chi connectivity index (χ1) is 9.09. The maximum Gasteiger partial charge on any atom is 0.305 e. The number of amides is 1. The lowest BCUT2D eigenvalue weighted by molar-refractivity contribution is -0.142. The summed E-state index contributed by atoms with van der Waals surface area (Å²) in [6.07, 6.45) is 1.50. The van der Waals surface area contributed by atoms with Crippen molar-refractivity contribution >= 4 is 11.9 Å². The minimum atomic E-state index is -1.05. The molecule has 0 aliphatic carbocycles. The highest BCUT2D eigenvalue weighted by molar-refractivity contribution is 5.86. The molecule has 2 atom stereocenters. The summed E-state index contributed by atoms with van der Waals surface area (Å²) in [4.78, 5) is 24.5. The molecular weight excluding hydrogens is 244 g/mol. The van der Waals surface area contributed by atoms with Crippen LogP contribution in [0.15, 0.2) is 30.3 Å². The first-order valence-corrected chi connectivity index (χ1v) is 6.42. The first-order valence-electron chi connectivity index (χ1n) is 6.42. The van der Waals surface area contributed by atoms with Crippen LogP contribution in [0.3, 0.4) is 0 Å². The van der Waals surface area contributed by atoms with Crippen molar-refractivity contribution in [1.29, 1.82) is 0 Å². The van der Waals surface area contributed by atoms with Gasteiger partial charge in [-0.2, -0.15) is 0 Å². The van der Waals surface area contributed by atoms with Crippen molar-refractivity contribution in [2.75, 3.05) is 6.54 Å². The number of benzene rings is 1. The number of likely N-dealkylation sites (tertiary alicyclic amines) is 1. The molecule has 19 heavy (non-hydrogen) atoms. The van der Waals surface area contributed by atoms with E-state index in [1.54, 1.807) is 4.90 Å². The third kappa shape index (κ3) is 3.12. The summed E-state index contributed by atoms with van der Waals surface area (Å²) in [5.74, 6) is -1.31. The fourth-order valence-corrected chi connectivity index (χ4v) is 2.54. The predicted octanol–water partition coefficient (Wildman–Crippen LogP) is 1.15. The van der Waals surface area contributed by atoms with E-state index < -0.39 is 12.0 Å². The van der Waals surface area contributed by atoms with Gasteiger partial charge in [0.25, 0.3) is 0 Å². The highest BCUT2D eigenvalue weighted by Crippen LogP contribution is 2.32. The summed E-state index contributed by atoms with van der Waals surface area (Å²) in [5.41, 5.74) is 6.75. The van der Waals surface area contributed by atoms with Gasteiger partial charge in [-0.3, -0.25) is 9.59 Å². The molecule has 0 aromatic heterocycles. The highest BCUT2D eigenvalue weighted by atomic mass is 16.4. The second-order valence-electron chi connectivity index (χ2n) is 4.80. The maximum atomic E-state index is 12.2. The van der Waals surface area contributed by atoms with Gasteiger partial charge < -0.3 is 15.7 Å². The molecule has 3 N–H and O–H groups in total. The number of carbonyl (C=O) groups excluding carboxylic acids is 1. The van der Waals surface area contributed by atoms with Crippen molar-refractivity contribution < 1.29 is 14.7 Å². The van der Waals surface area contributed by atoms with Crippen molar-refractivity contribution in [2.45, 2.75) is 31.3 Å². The Morgan fingerprint density at radius 3 is 2.68 bits per heavy atom. The molecule has 1 heterocycles. The van der Waals surface area contributed by atoms with Crippen LogP contribution in [0.5, 0.6) is 0 Å². The second-order valence-corrected chi connectivity index (χ2v) is 4.80. The van der Waals surface area contributed by atoms with Gasteiger partial charge in [0.05, 0.1) is 18.5 Å². The lowest BCUT2D eigenvalue weighted by Crippen LogP contribution is -2.44. The summed E-state index contributed by atoms with van der Waals surface area (Å²) in [6.45, 7) is 0.645. The second kappa shape index (κ2) is 5.84. The number of carboxylic acids is 1. The average molecular weight is 262 g/mol. The molecule has 1 saturated heterocycles. The largest absolute Gasteiger partial charge is 0.481 e. The van der Waals surface area contributed by atoms with Crippen LogP contribution in [0, 0.1) is 0 Å². The predicted molar refractivity (Wildman–Crippen MR) is 70.4 cm³/mol. The molecule has 5 heteroatoms. The normalized spacial score (nSPS) is 20.3.